The number of hydrogen-bond donors (Lipinski definition) is 3. The number of urea groups is 1. The molecule has 6 nitrogen and oxygen atoms in total. The lowest BCUT2D eigenvalue weighted by molar-refractivity contribution is 0.243. The third-order valence-corrected chi connectivity index (χ3v) is 2.04. The lowest BCUT2D eigenvalue weighted by Gasteiger charge is -2.06. The van der Waals surface area contributed by atoms with Gasteiger partial charge in [-0.2, -0.15) is 10.5 Å². The number of nitrogens with zero attached hydrogens (tertiary/aromatic N) is 2. The number of allylic oxidation sites excluding steroid dienone is 2. The average Bonchev–Trinajstić information content (AvgIpc) is 2.42. The topological polar surface area (TPSA) is 115 Å². The highest BCUT2D eigenvalue weighted by Gasteiger charge is 2.07. The maximum Gasteiger partial charge on any atom is 0.320 e. The lowest BCUT2D eigenvalue weighted by Crippen LogP contribution is -2.35. The molecule has 4 N–H and O–H groups in total. The lowest BCUT2D eigenvalue weighted by atomic mass is 10.2. The Labute approximate surface area is 104 Å². The minimum absolute atomic E-state index is 0.261. The summed E-state index contributed by atoms with van der Waals surface area (Å²) in [4.78, 5) is 11.4. The third kappa shape index (κ3) is 3.87. The number of nitrogens with one attached hydrogen (secondary N) is 2. The van der Waals surface area contributed by atoms with Gasteiger partial charge in [0.1, 0.15) is 17.8 Å². The molecule has 0 unspecified atom stereocenters. The Morgan fingerprint density at radius 3 is 2.44 bits per heavy atom. The molecule has 2 amide bonds. The number of rotatable bonds is 3. The van der Waals surface area contributed by atoms with E-state index >= 15 is 0 Å². The van der Waals surface area contributed by atoms with E-state index in [1.165, 1.54) is 0 Å². The van der Waals surface area contributed by atoms with Crippen LogP contribution in [0, 0.1) is 22.7 Å². The molecule has 0 saturated carbocycles. The van der Waals surface area contributed by atoms with E-state index in [4.69, 9.17) is 16.3 Å². The summed E-state index contributed by atoms with van der Waals surface area (Å²) in [6.45, 7) is 0.317. The molecule has 18 heavy (non-hydrogen) atoms. The summed E-state index contributed by atoms with van der Waals surface area (Å²) in [7, 11) is 0. The summed E-state index contributed by atoms with van der Waals surface area (Å²) in [6, 6.07) is 11.9. The van der Waals surface area contributed by atoms with Crippen LogP contribution in [0.5, 0.6) is 0 Å². The highest BCUT2D eigenvalue weighted by molar-refractivity contribution is 5.77. The van der Waals surface area contributed by atoms with Crippen LogP contribution in [-0.2, 0) is 6.54 Å². The zero-order chi connectivity index (χ0) is 13.4. The van der Waals surface area contributed by atoms with Gasteiger partial charge in [0.05, 0.1) is 0 Å². The fraction of sp³-hybridized carbons (Fsp3) is 0.0833. The number of hydrogen-bond acceptors (Lipinski definition) is 4. The van der Waals surface area contributed by atoms with Crippen LogP contribution in [0.3, 0.4) is 0 Å². The van der Waals surface area contributed by atoms with Crippen molar-refractivity contribution in [1.29, 1.82) is 10.5 Å². The van der Waals surface area contributed by atoms with Crippen molar-refractivity contribution in [3.05, 3.63) is 47.3 Å². The Kier molecular flexibility index (Phi) is 4.77. The van der Waals surface area contributed by atoms with Crippen molar-refractivity contribution in [3.8, 4) is 12.1 Å². The molecule has 0 aliphatic rings. The molecule has 1 rings (SSSR count). The van der Waals surface area contributed by atoms with Crippen LogP contribution in [0.1, 0.15) is 5.56 Å². The van der Waals surface area contributed by atoms with Crippen LogP contribution in [-0.4, -0.2) is 6.03 Å². The Balaban J connectivity index is 2.54. The number of carbonyl (C=O) groups excluding carboxylic acids is 1. The molecule has 1 aromatic rings. The second-order valence-electron chi connectivity index (χ2n) is 3.31. The number of benzene rings is 1. The zero-order valence-corrected chi connectivity index (χ0v) is 9.47. The van der Waals surface area contributed by atoms with E-state index in [1.807, 2.05) is 30.3 Å². The van der Waals surface area contributed by atoms with Crippen LogP contribution in [0.25, 0.3) is 0 Å². The van der Waals surface area contributed by atoms with Crippen molar-refractivity contribution in [2.75, 3.05) is 0 Å². The molecule has 0 saturated heterocycles. The number of amides is 2. The Morgan fingerprint density at radius 2 is 1.89 bits per heavy atom. The monoisotopic (exact) mass is 241 g/mol. The summed E-state index contributed by atoms with van der Waals surface area (Å²) in [5, 5.41) is 21.9. The van der Waals surface area contributed by atoms with Gasteiger partial charge in [-0.25, -0.2) is 4.79 Å². The number of carbonyl (C=O) groups is 1. The van der Waals surface area contributed by atoms with Gasteiger partial charge >= 0.3 is 6.03 Å². The molecule has 0 spiro atoms. The van der Waals surface area contributed by atoms with Crippen molar-refractivity contribution in [3.63, 3.8) is 0 Å². The molecule has 0 radical (unpaired) electrons. The summed E-state index contributed by atoms with van der Waals surface area (Å²) < 4.78 is 0. The molecule has 0 atom stereocenters. The highest BCUT2D eigenvalue weighted by atomic mass is 16.2. The van der Waals surface area contributed by atoms with Crippen LogP contribution in [0.15, 0.2) is 41.7 Å². The first-order valence-corrected chi connectivity index (χ1v) is 5.06. The van der Waals surface area contributed by atoms with Gasteiger partial charge < -0.3 is 11.1 Å². The summed E-state index contributed by atoms with van der Waals surface area (Å²) in [5.74, 6) is 0. The summed E-state index contributed by atoms with van der Waals surface area (Å²) >= 11 is 0. The van der Waals surface area contributed by atoms with E-state index < -0.39 is 6.03 Å². The van der Waals surface area contributed by atoms with E-state index in [2.05, 4.69) is 10.6 Å². The van der Waals surface area contributed by atoms with E-state index in [-0.39, 0.29) is 11.4 Å². The maximum atomic E-state index is 11.4. The molecule has 0 heterocycles. The van der Waals surface area contributed by atoms with Crippen molar-refractivity contribution < 1.29 is 4.79 Å². The molecule has 0 fully saturated rings. The molecule has 0 bridgehead atoms. The minimum atomic E-state index is -0.589. The Bertz CT molecular complexity index is 536. The van der Waals surface area contributed by atoms with Gasteiger partial charge in [0.2, 0.25) is 0 Å². The predicted octanol–water partition coefficient (Wildman–Crippen LogP) is 0.703. The second kappa shape index (κ2) is 6.56. The van der Waals surface area contributed by atoms with Crippen molar-refractivity contribution in [1.82, 2.24) is 10.6 Å². The highest BCUT2D eigenvalue weighted by Crippen LogP contribution is 1.97. The van der Waals surface area contributed by atoms with E-state index in [1.54, 1.807) is 12.1 Å². The zero-order valence-electron chi connectivity index (χ0n) is 9.47. The maximum absolute atomic E-state index is 11.4. The molecule has 90 valence electrons. The fourth-order valence-corrected chi connectivity index (χ4v) is 1.15. The largest absolute Gasteiger partial charge is 0.388 e. The first kappa shape index (κ1) is 13.1. The van der Waals surface area contributed by atoms with Crippen LogP contribution < -0.4 is 16.4 Å². The Hall–Kier alpha value is -2.99. The predicted molar refractivity (Wildman–Crippen MR) is 64.3 cm³/mol. The van der Waals surface area contributed by atoms with Gasteiger partial charge in [-0.05, 0) is 5.56 Å². The fourth-order valence-electron chi connectivity index (χ4n) is 1.15. The second-order valence-corrected chi connectivity index (χ2v) is 3.31. The molecule has 0 aromatic heterocycles. The van der Waals surface area contributed by atoms with E-state index in [0.29, 0.717) is 6.54 Å². The average molecular weight is 241 g/mol. The van der Waals surface area contributed by atoms with Gasteiger partial charge in [0.25, 0.3) is 0 Å². The Morgan fingerprint density at radius 1 is 1.22 bits per heavy atom. The summed E-state index contributed by atoms with van der Waals surface area (Å²) in [6.07, 6.45) is 0. The van der Waals surface area contributed by atoms with Gasteiger partial charge in [0.15, 0.2) is 5.70 Å². The molecule has 0 aliphatic carbocycles. The van der Waals surface area contributed by atoms with E-state index in [0.717, 1.165) is 5.56 Å². The molecular formula is C12H11N5O. The van der Waals surface area contributed by atoms with E-state index in [9.17, 15) is 4.79 Å². The minimum Gasteiger partial charge on any atom is -0.388 e. The standard InChI is InChI=1S/C12H11N5O/c13-6-10(15)11(7-14)17-12(18)16-8-9-4-2-1-3-5-9/h1-5H,8,15H2,(H2,16,17,18)/b11-10+. The third-order valence-electron chi connectivity index (χ3n) is 2.04. The van der Waals surface area contributed by atoms with Gasteiger partial charge in [-0.15, -0.1) is 0 Å². The molecule has 1 aromatic carbocycles. The van der Waals surface area contributed by atoms with Crippen LogP contribution in [0.2, 0.25) is 0 Å². The first-order valence-electron chi connectivity index (χ1n) is 5.06. The van der Waals surface area contributed by atoms with Gasteiger partial charge in [-0.1, -0.05) is 30.3 Å². The van der Waals surface area contributed by atoms with Gasteiger partial charge in [0, 0.05) is 6.54 Å². The number of nitriles is 2. The quantitative estimate of drug-likeness (QED) is 0.675. The number of nitrogens with two attached hydrogens (primary N) is 1. The van der Waals surface area contributed by atoms with Crippen LogP contribution >= 0.6 is 0 Å². The van der Waals surface area contributed by atoms with Crippen molar-refractivity contribution in [2.24, 2.45) is 5.73 Å². The normalized spacial score (nSPS) is 10.6. The molecule has 0 aliphatic heterocycles. The van der Waals surface area contributed by atoms with Crippen molar-refractivity contribution >= 4 is 6.03 Å². The van der Waals surface area contributed by atoms with Gasteiger partial charge in [-0.3, -0.25) is 5.32 Å². The summed E-state index contributed by atoms with van der Waals surface area (Å²) in [5.41, 5.74) is 5.57. The van der Waals surface area contributed by atoms with Crippen molar-refractivity contribution in [2.45, 2.75) is 6.54 Å². The van der Waals surface area contributed by atoms with Crippen LogP contribution in [0.4, 0.5) is 4.79 Å². The molecule has 6 heteroatoms. The SMILES string of the molecule is N#C/C(N)=C(/C#N)NC(=O)NCc1ccccc1. The first-order chi connectivity index (χ1) is 8.67. The molecular weight excluding hydrogens is 230 g/mol. The smallest absolute Gasteiger partial charge is 0.320 e.